The molecule has 0 saturated heterocycles. The van der Waals surface area contributed by atoms with Crippen molar-refractivity contribution in [3.05, 3.63) is 87.2 Å². The number of carbonyl (C=O) groups is 2. The zero-order chi connectivity index (χ0) is 29.3. The first kappa shape index (κ1) is 27.7. The molecule has 2 amide bonds. The van der Waals surface area contributed by atoms with E-state index in [1.807, 2.05) is 0 Å². The van der Waals surface area contributed by atoms with Crippen molar-refractivity contribution in [2.24, 2.45) is 0 Å². The summed E-state index contributed by atoms with van der Waals surface area (Å²) in [5, 5.41) is 12.6. The molecule has 1 aliphatic rings. The average molecular weight is 576 g/mol. The second-order valence-electron chi connectivity index (χ2n) is 9.16. The van der Waals surface area contributed by atoms with Crippen LogP contribution in [0.4, 0.5) is 13.9 Å². The van der Waals surface area contributed by atoms with Crippen molar-refractivity contribution >= 4 is 28.3 Å². The Balaban J connectivity index is 1.35. The van der Waals surface area contributed by atoms with E-state index in [-0.39, 0.29) is 41.4 Å². The molecule has 1 N–H and O–H groups in total. The van der Waals surface area contributed by atoms with Crippen molar-refractivity contribution in [1.82, 2.24) is 14.9 Å². The molecule has 0 aliphatic carbocycles. The van der Waals surface area contributed by atoms with Gasteiger partial charge in [0.25, 0.3) is 18.2 Å². The molecule has 1 aliphatic heterocycles. The number of nitriles is 1. The highest BCUT2D eigenvalue weighted by Crippen LogP contribution is 2.36. The van der Waals surface area contributed by atoms with Crippen molar-refractivity contribution in [3.8, 4) is 28.7 Å². The fraction of sp³-hybridized carbons (Fsp3) is 0.207. The standard InChI is InChI=1S/C29H23F2N5O4S/c1-15-8-19(20-9-16(11-32)4-7-23(20)39-2)21(12-33-15)27(37)35-29-34-22-13-36(14-25(22)41-29)28(38)18-6-5-17(26(30)31)10-24(18)40-3/h4-10,12,26H,13-14H2,1-3H3,(H,34,35,37). The van der Waals surface area contributed by atoms with Gasteiger partial charge in [-0.15, -0.1) is 0 Å². The number of hydrogen-bond donors (Lipinski definition) is 1. The normalized spacial score (nSPS) is 12.2. The SMILES string of the molecule is COc1cc(C(F)F)ccc1C(=O)N1Cc2nc(NC(=O)c3cnc(C)cc3-c3cc(C#N)ccc3OC)sc2C1. The molecule has 12 heteroatoms. The van der Waals surface area contributed by atoms with Gasteiger partial charge in [-0.3, -0.25) is 19.9 Å². The van der Waals surface area contributed by atoms with Crippen LogP contribution in [0.1, 0.15) is 54.5 Å². The summed E-state index contributed by atoms with van der Waals surface area (Å²) in [4.78, 5) is 37.7. The molecule has 208 valence electrons. The van der Waals surface area contributed by atoms with Crippen LogP contribution in [0.15, 0.2) is 48.7 Å². The molecule has 0 bridgehead atoms. The van der Waals surface area contributed by atoms with Gasteiger partial charge in [0.15, 0.2) is 5.13 Å². The van der Waals surface area contributed by atoms with E-state index in [1.165, 1.54) is 48.8 Å². The first-order valence-corrected chi connectivity index (χ1v) is 13.1. The molecule has 9 nitrogen and oxygen atoms in total. The van der Waals surface area contributed by atoms with E-state index in [9.17, 15) is 23.6 Å². The van der Waals surface area contributed by atoms with Gasteiger partial charge >= 0.3 is 0 Å². The fourth-order valence-electron chi connectivity index (χ4n) is 4.54. The number of aryl methyl sites for hydroxylation is 1. The number of aromatic nitrogens is 2. The number of carbonyl (C=O) groups excluding carboxylic acids is 2. The Morgan fingerprint density at radius 2 is 1.83 bits per heavy atom. The monoisotopic (exact) mass is 575 g/mol. The number of hydrogen-bond acceptors (Lipinski definition) is 8. The van der Waals surface area contributed by atoms with Gasteiger partial charge in [-0.05, 0) is 43.3 Å². The van der Waals surface area contributed by atoms with Crippen molar-refractivity contribution in [3.63, 3.8) is 0 Å². The first-order valence-electron chi connectivity index (χ1n) is 12.3. The molecule has 0 saturated carbocycles. The zero-order valence-corrected chi connectivity index (χ0v) is 23.0. The van der Waals surface area contributed by atoms with E-state index in [4.69, 9.17) is 9.47 Å². The molecule has 3 heterocycles. The lowest BCUT2D eigenvalue weighted by molar-refractivity contribution is 0.0746. The molecule has 2 aromatic carbocycles. The number of ether oxygens (including phenoxy) is 2. The molecule has 0 unspecified atom stereocenters. The third kappa shape index (κ3) is 5.44. The maximum atomic E-state index is 13.4. The number of amides is 2. The highest BCUT2D eigenvalue weighted by Gasteiger charge is 2.30. The Kier molecular flexibility index (Phi) is 7.63. The van der Waals surface area contributed by atoms with Gasteiger partial charge in [0.05, 0.1) is 60.6 Å². The Bertz CT molecular complexity index is 1690. The predicted octanol–water partition coefficient (Wildman–Crippen LogP) is 5.75. The predicted molar refractivity (Wildman–Crippen MR) is 147 cm³/mol. The van der Waals surface area contributed by atoms with E-state index in [2.05, 4.69) is 21.4 Å². The number of methoxy groups -OCH3 is 2. The minimum Gasteiger partial charge on any atom is -0.496 e. The quantitative estimate of drug-likeness (QED) is 0.298. The van der Waals surface area contributed by atoms with Crippen LogP contribution >= 0.6 is 11.3 Å². The zero-order valence-electron chi connectivity index (χ0n) is 22.2. The van der Waals surface area contributed by atoms with Crippen LogP contribution < -0.4 is 14.8 Å². The van der Waals surface area contributed by atoms with Crippen LogP contribution in [0.5, 0.6) is 11.5 Å². The molecule has 4 aromatic rings. The minimum atomic E-state index is -2.68. The van der Waals surface area contributed by atoms with Crippen LogP contribution in [0, 0.1) is 18.3 Å². The number of fused-ring (bicyclic) bond motifs is 1. The number of alkyl halides is 2. The van der Waals surface area contributed by atoms with Crippen LogP contribution in [0.3, 0.4) is 0 Å². The largest absolute Gasteiger partial charge is 0.496 e. The molecular weight excluding hydrogens is 552 g/mol. The van der Waals surface area contributed by atoms with Gasteiger partial charge in [-0.25, -0.2) is 13.8 Å². The molecular formula is C29H23F2N5O4S. The summed E-state index contributed by atoms with van der Waals surface area (Å²) in [6.07, 6.45) is -1.21. The Morgan fingerprint density at radius 3 is 2.51 bits per heavy atom. The van der Waals surface area contributed by atoms with Gasteiger partial charge in [0, 0.05) is 28.6 Å². The molecule has 0 fully saturated rings. The van der Waals surface area contributed by atoms with Crippen molar-refractivity contribution in [2.45, 2.75) is 26.4 Å². The lowest BCUT2D eigenvalue weighted by Gasteiger charge is -2.18. The lowest BCUT2D eigenvalue weighted by Crippen LogP contribution is -2.26. The molecule has 0 spiro atoms. The minimum absolute atomic E-state index is 0.0726. The van der Waals surface area contributed by atoms with Crippen molar-refractivity contribution in [2.75, 3.05) is 19.5 Å². The Morgan fingerprint density at radius 1 is 1.05 bits per heavy atom. The number of nitrogens with one attached hydrogen (secondary N) is 1. The molecule has 0 atom stereocenters. The summed E-state index contributed by atoms with van der Waals surface area (Å²) in [5.41, 5.74) is 3.08. The van der Waals surface area contributed by atoms with Crippen molar-refractivity contribution in [1.29, 1.82) is 5.26 Å². The summed E-state index contributed by atoms with van der Waals surface area (Å²) in [6.45, 7) is 2.24. The van der Waals surface area contributed by atoms with Gasteiger partial charge in [-0.2, -0.15) is 5.26 Å². The van der Waals surface area contributed by atoms with E-state index in [0.717, 1.165) is 10.9 Å². The van der Waals surface area contributed by atoms with Gasteiger partial charge in [0.2, 0.25) is 0 Å². The maximum absolute atomic E-state index is 13.4. The topological polar surface area (TPSA) is 117 Å². The van der Waals surface area contributed by atoms with Crippen molar-refractivity contribution < 1.29 is 27.8 Å². The number of thiazole rings is 1. The molecule has 41 heavy (non-hydrogen) atoms. The smallest absolute Gasteiger partial charge is 0.263 e. The van der Waals surface area contributed by atoms with Crippen LogP contribution in [-0.4, -0.2) is 40.9 Å². The van der Waals surface area contributed by atoms with Crippen LogP contribution in [-0.2, 0) is 13.1 Å². The number of halogens is 2. The number of anilines is 1. The van der Waals surface area contributed by atoms with E-state index >= 15 is 0 Å². The third-order valence-electron chi connectivity index (χ3n) is 6.57. The van der Waals surface area contributed by atoms with Gasteiger partial charge in [0.1, 0.15) is 11.5 Å². The summed E-state index contributed by atoms with van der Waals surface area (Å²) >= 11 is 1.24. The van der Waals surface area contributed by atoms with Crippen LogP contribution in [0.2, 0.25) is 0 Å². The summed E-state index contributed by atoms with van der Waals surface area (Å²) < 4.78 is 36.8. The fourth-order valence-corrected chi connectivity index (χ4v) is 5.53. The summed E-state index contributed by atoms with van der Waals surface area (Å²) in [6, 6.07) is 12.5. The van der Waals surface area contributed by atoms with E-state index < -0.39 is 12.3 Å². The number of nitrogens with zero attached hydrogens (tertiary/aromatic N) is 4. The lowest BCUT2D eigenvalue weighted by atomic mass is 9.97. The third-order valence-corrected chi connectivity index (χ3v) is 7.57. The first-order chi connectivity index (χ1) is 19.7. The molecule has 5 rings (SSSR count). The van der Waals surface area contributed by atoms with E-state index in [0.29, 0.717) is 39.0 Å². The maximum Gasteiger partial charge on any atom is 0.263 e. The average Bonchev–Trinajstić information content (AvgIpc) is 3.54. The summed E-state index contributed by atoms with van der Waals surface area (Å²) in [7, 11) is 2.84. The Labute approximate surface area is 238 Å². The van der Waals surface area contributed by atoms with E-state index in [1.54, 1.807) is 31.2 Å². The van der Waals surface area contributed by atoms with Crippen LogP contribution in [0.25, 0.3) is 11.1 Å². The van der Waals surface area contributed by atoms with Gasteiger partial charge < -0.3 is 14.4 Å². The second kappa shape index (κ2) is 11.3. The number of pyridine rings is 1. The highest BCUT2D eigenvalue weighted by molar-refractivity contribution is 7.16. The Hall–Kier alpha value is -4.89. The number of rotatable bonds is 7. The van der Waals surface area contributed by atoms with Gasteiger partial charge in [-0.1, -0.05) is 17.4 Å². The highest BCUT2D eigenvalue weighted by atomic mass is 32.1. The number of benzene rings is 2. The summed E-state index contributed by atoms with van der Waals surface area (Å²) in [5.74, 6) is -0.242. The molecule has 0 radical (unpaired) electrons. The molecule has 2 aromatic heterocycles. The second-order valence-corrected chi connectivity index (χ2v) is 10.2.